The lowest BCUT2D eigenvalue weighted by molar-refractivity contribution is 0.0917. The average molecular weight is 516 g/mol. The molecule has 0 bridgehead atoms. The molecular formula is C32H29N5O2. The number of aromatic nitrogens is 3. The van der Waals surface area contributed by atoms with Crippen molar-refractivity contribution in [3.63, 3.8) is 0 Å². The first-order valence-corrected chi connectivity index (χ1v) is 13.3. The van der Waals surface area contributed by atoms with Gasteiger partial charge in [-0.1, -0.05) is 36.4 Å². The molecule has 0 saturated heterocycles. The fourth-order valence-electron chi connectivity index (χ4n) is 4.86. The van der Waals surface area contributed by atoms with E-state index in [1.165, 1.54) is 11.1 Å². The molecule has 0 spiro atoms. The minimum atomic E-state index is -0.191. The van der Waals surface area contributed by atoms with Crippen LogP contribution in [0.5, 0.6) is 0 Å². The van der Waals surface area contributed by atoms with Gasteiger partial charge in [-0.25, -0.2) is 4.68 Å². The predicted molar refractivity (Wildman–Crippen MR) is 155 cm³/mol. The zero-order valence-corrected chi connectivity index (χ0v) is 21.7. The van der Waals surface area contributed by atoms with Gasteiger partial charge in [-0.3, -0.25) is 14.6 Å². The highest BCUT2D eigenvalue weighted by atomic mass is 16.1. The summed E-state index contributed by atoms with van der Waals surface area (Å²) in [7, 11) is 0. The van der Waals surface area contributed by atoms with Crippen molar-refractivity contribution in [2.75, 3.05) is 5.32 Å². The maximum Gasteiger partial charge on any atom is 0.290 e. The minimum absolute atomic E-state index is 0.0336. The van der Waals surface area contributed by atoms with Crippen molar-refractivity contribution < 1.29 is 4.79 Å². The summed E-state index contributed by atoms with van der Waals surface area (Å²) in [5.41, 5.74) is 6.03. The van der Waals surface area contributed by atoms with Crippen molar-refractivity contribution in [3.05, 3.63) is 107 Å². The number of anilines is 2. The zero-order valence-electron chi connectivity index (χ0n) is 21.7. The first-order valence-electron chi connectivity index (χ1n) is 13.3. The third kappa shape index (κ3) is 5.03. The Morgan fingerprint density at radius 1 is 0.897 bits per heavy atom. The van der Waals surface area contributed by atoms with Crippen LogP contribution < -0.4 is 16.2 Å². The Morgan fingerprint density at radius 3 is 2.46 bits per heavy atom. The molecule has 2 heterocycles. The molecule has 0 atom stereocenters. The number of hydrogen-bond donors (Lipinski definition) is 2. The molecular weight excluding hydrogens is 486 g/mol. The van der Waals surface area contributed by atoms with Crippen LogP contribution in [-0.2, 0) is 6.54 Å². The van der Waals surface area contributed by atoms with Crippen molar-refractivity contribution in [1.82, 2.24) is 20.1 Å². The maximum absolute atomic E-state index is 13.2. The first-order chi connectivity index (χ1) is 19.1. The predicted octanol–water partition coefficient (Wildman–Crippen LogP) is 6.17. The van der Waals surface area contributed by atoms with Gasteiger partial charge in [0.25, 0.3) is 11.5 Å². The quantitative estimate of drug-likeness (QED) is 0.271. The zero-order chi connectivity index (χ0) is 26.8. The summed E-state index contributed by atoms with van der Waals surface area (Å²) in [6.45, 7) is 2.34. The van der Waals surface area contributed by atoms with Gasteiger partial charge in [0.05, 0.1) is 11.2 Å². The van der Waals surface area contributed by atoms with E-state index in [9.17, 15) is 9.59 Å². The number of amides is 1. The van der Waals surface area contributed by atoms with Crippen molar-refractivity contribution in [2.45, 2.75) is 38.8 Å². The van der Waals surface area contributed by atoms with Gasteiger partial charge in [-0.2, -0.15) is 5.10 Å². The van der Waals surface area contributed by atoms with Gasteiger partial charge in [0.1, 0.15) is 5.69 Å². The summed E-state index contributed by atoms with van der Waals surface area (Å²) in [5, 5.41) is 12.0. The number of aryl methyl sites for hydroxylation is 1. The van der Waals surface area contributed by atoms with E-state index in [-0.39, 0.29) is 17.5 Å². The SMILES string of the molecule is CCn1nc(-c2cccc(-c3cccc(C(=O)NC4CCC4)c3)c2)cc(Nc2cccc3ncccc23)c1=O. The third-order valence-electron chi connectivity index (χ3n) is 7.25. The normalized spacial score (nSPS) is 13.2. The summed E-state index contributed by atoms with van der Waals surface area (Å²) in [6.07, 6.45) is 5.03. The molecule has 39 heavy (non-hydrogen) atoms. The van der Waals surface area contributed by atoms with Crippen molar-refractivity contribution >= 4 is 28.2 Å². The van der Waals surface area contributed by atoms with Crippen LogP contribution in [0.15, 0.2) is 95.9 Å². The summed E-state index contributed by atoms with van der Waals surface area (Å²) < 4.78 is 1.47. The molecule has 5 aromatic rings. The Bertz CT molecular complexity index is 1730. The third-order valence-corrected chi connectivity index (χ3v) is 7.25. The Kier molecular flexibility index (Phi) is 6.63. The summed E-state index contributed by atoms with van der Waals surface area (Å²) in [5.74, 6) is -0.0336. The molecule has 2 N–H and O–H groups in total. The molecule has 0 aliphatic heterocycles. The number of carbonyl (C=O) groups excluding carboxylic acids is 1. The number of hydrogen-bond acceptors (Lipinski definition) is 5. The van der Waals surface area contributed by atoms with Gasteiger partial charge in [-0.05, 0) is 85.8 Å². The van der Waals surface area contributed by atoms with E-state index >= 15 is 0 Å². The van der Waals surface area contributed by atoms with E-state index in [0.29, 0.717) is 23.5 Å². The van der Waals surface area contributed by atoms with Crippen LogP contribution in [0.1, 0.15) is 36.5 Å². The van der Waals surface area contributed by atoms with Crippen molar-refractivity contribution in [3.8, 4) is 22.4 Å². The fraction of sp³-hybridized carbons (Fsp3) is 0.188. The van der Waals surface area contributed by atoms with Gasteiger partial charge in [0.2, 0.25) is 0 Å². The molecule has 1 fully saturated rings. The summed E-state index contributed by atoms with van der Waals surface area (Å²) in [6, 6.07) is 27.5. The van der Waals surface area contributed by atoms with Crippen LogP contribution in [0, 0.1) is 0 Å². The molecule has 0 radical (unpaired) electrons. The second kappa shape index (κ2) is 10.5. The maximum atomic E-state index is 13.2. The highest BCUT2D eigenvalue weighted by molar-refractivity contribution is 5.96. The number of rotatable bonds is 7. The number of carbonyl (C=O) groups is 1. The second-order valence-electron chi connectivity index (χ2n) is 9.83. The molecule has 1 aliphatic rings. The molecule has 194 valence electrons. The number of benzene rings is 3. The molecule has 7 heteroatoms. The van der Waals surface area contributed by atoms with Crippen LogP contribution in [0.3, 0.4) is 0 Å². The van der Waals surface area contributed by atoms with Crippen molar-refractivity contribution in [2.24, 2.45) is 0 Å². The first kappa shape index (κ1) is 24.6. The van der Waals surface area contributed by atoms with Gasteiger partial charge in [0, 0.05) is 41.0 Å². The minimum Gasteiger partial charge on any atom is -0.350 e. The lowest BCUT2D eigenvalue weighted by Crippen LogP contribution is -2.39. The Morgan fingerprint density at radius 2 is 1.67 bits per heavy atom. The molecule has 1 saturated carbocycles. The lowest BCUT2D eigenvalue weighted by atomic mass is 9.92. The van der Waals surface area contributed by atoms with Crippen LogP contribution in [0.4, 0.5) is 11.4 Å². The molecule has 7 nitrogen and oxygen atoms in total. The topological polar surface area (TPSA) is 88.9 Å². The highest BCUT2D eigenvalue weighted by Gasteiger charge is 2.20. The van der Waals surface area contributed by atoms with E-state index in [0.717, 1.165) is 46.1 Å². The molecule has 2 aromatic heterocycles. The number of pyridine rings is 1. The summed E-state index contributed by atoms with van der Waals surface area (Å²) >= 11 is 0. The molecule has 6 rings (SSSR count). The monoisotopic (exact) mass is 515 g/mol. The van der Waals surface area contributed by atoms with Crippen LogP contribution in [0.2, 0.25) is 0 Å². The second-order valence-corrected chi connectivity index (χ2v) is 9.83. The van der Waals surface area contributed by atoms with Crippen LogP contribution >= 0.6 is 0 Å². The van der Waals surface area contributed by atoms with E-state index in [1.54, 1.807) is 12.3 Å². The fourth-order valence-corrected chi connectivity index (χ4v) is 4.86. The standard InChI is InChI=1S/C32H29N5O2/c1-2-37-32(39)30(35-28-16-6-15-27-26(28)14-7-17-33-27)20-29(36-37)23-10-3-8-21(18-23)22-9-4-11-24(19-22)31(38)34-25-12-5-13-25/h3-4,6-11,14-20,25,35H,2,5,12-13H2,1H3,(H,34,38). The number of nitrogens with one attached hydrogen (secondary N) is 2. The van der Waals surface area contributed by atoms with Gasteiger partial charge in [-0.15, -0.1) is 0 Å². The van der Waals surface area contributed by atoms with Crippen LogP contribution in [-0.4, -0.2) is 26.7 Å². The molecule has 3 aromatic carbocycles. The van der Waals surface area contributed by atoms with E-state index in [4.69, 9.17) is 0 Å². The molecule has 0 unspecified atom stereocenters. The average Bonchev–Trinajstić information content (AvgIpc) is 2.96. The number of fused-ring (bicyclic) bond motifs is 1. The largest absolute Gasteiger partial charge is 0.350 e. The van der Waals surface area contributed by atoms with Crippen LogP contribution in [0.25, 0.3) is 33.3 Å². The Hall–Kier alpha value is -4.78. The van der Waals surface area contributed by atoms with E-state index in [2.05, 4.69) is 20.7 Å². The lowest BCUT2D eigenvalue weighted by Gasteiger charge is -2.26. The molecule has 1 aliphatic carbocycles. The van der Waals surface area contributed by atoms with E-state index in [1.807, 2.05) is 85.8 Å². The van der Waals surface area contributed by atoms with Gasteiger partial charge >= 0.3 is 0 Å². The highest BCUT2D eigenvalue weighted by Crippen LogP contribution is 2.29. The Labute approximate surface area is 226 Å². The Balaban J connectivity index is 1.34. The smallest absolute Gasteiger partial charge is 0.290 e. The molecule has 1 amide bonds. The summed E-state index contributed by atoms with van der Waals surface area (Å²) in [4.78, 5) is 30.3. The van der Waals surface area contributed by atoms with Crippen molar-refractivity contribution in [1.29, 1.82) is 0 Å². The van der Waals surface area contributed by atoms with Gasteiger partial charge in [0.15, 0.2) is 0 Å². The van der Waals surface area contributed by atoms with Gasteiger partial charge < -0.3 is 10.6 Å². The number of nitrogens with zero attached hydrogens (tertiary/aromatic N) is 3. The van der Waals surface area contributed by atoms with E-state index < -0.39 is 0 Å².